The molecule has 1 amide bonds. The standard InChI is InChI=1S/C24H38N2O2/c1-19-8-4-5-9-22(19)14-17-25-15-12-21(13-16-25)18-26(23-10-6-7-11-23)24(27)20(2)28-3/h4-5,8-9,20-21,23H,6-7,10-18H2,1-3H3/t20-/m1/s1. The van der Waals surface area contributed by atoms with E-state index >= 15 is 0 Å². The Hall–Kier alpha value is -1.39. The predicted molar refractivity (Wildman–Crippen MR) is 114 cm³/mol. The van der Waals surface area contributed by atoms with E-state index in [4.69, 9.17) is 4.74 Å². The summed E-state index contributed by atoms with van der Waals surface area (Å²) in [4.78, 5) is 17.7. The fraction of sp³-hybridized carbons (Fsp3) is 0.708. The smallest absolute Gasteiger partial charge is 0.251 e. The largest absolute Gasteiger partial charge is 0.372 e. The molecule has 4 nitrogen and oxygen atoms in total. The molecule has 0 spiro atoms. The fourth-order valence-electron chi connectivity index (χ4n) is 4.81. The number of piperidine rings is 1. The number of hydrogen-bond donors (Lipinski definition) is 0. The summed E-state index contributed by atoms with van der Waals surface area (Å²) in [5.41, 5.74) is 2.87. The van der Waals surface area contributed by atoms with Gasteiger partial charge in [0.05, 0.1) is 0 Å². The first-order valence-electron chi connectivity index (χ1n) is 11.2. The predicted octanol–water partition coefficient (Wildman–Crippen LogP) is 4.06. The third-order valence-corrected chi connectivity index (χ3v) is 6.87. The van der Waals surface area contributed by atoms with Gasteiger partial charge in [0.2, 0.25) is 0 Å². The van der Waals surface area contributed by atoms with Crippen LogP contribution in [0.1, 0.15) is 56.6 Å². The molecule has 2 aliphatic rings. The van der Waals surface area contributed by atoms with Crippen molar-refractivity contribution in [3.05, 3.63) is 35.4 Å². The third-order valence-electron chi connectivity index (χ3n) is 6.87. The molecule has 4 heteroatoms. The molecule has 1 saturated carbocycles. The second kappa shape index (κ2) is 10.4. The number of carbonyl (C=O) groups is 1. The summed E-state index contributed by atoms with van der Waals surface area (Å²) in [5, 5.41) is 0. The number of aryl methyl sites for hydroxylation is 1. The highest BCUT2D eigenvalue weighted by atomic mass is 16.5. The number of rotatable bonds is 8. The highest BCUT2D eigenvalue weighted by molar-refractivity contribution is 5.80. The first kappa shape index (κ1) is 21.3. The van der Waals surface area contributed by atoms with Gasteiger partial charge in [-0.3, -0.25) is 4.79 Å². The van der Waals surface area contributed by atoms with Crippen molar-refractivity contribution in [1.82, 2.24) is 9.80 Å². The molecule has 28 heavy (non-hydrogen) atoms. The molecule has 0 radical (unpaired) electrons. The van der Waals surface area contributed by atoms with E-state index in [1.165, 1.54) is 36.8 Å². The fourth-order valence-corrected chi connectivity index (χ4v) is 4.81. The molecule has 1 aliphatic carbocycles. The van der Waals surface area contributed by atoms with Crippen molar-refractivity contribution in [2.75, 3.05) is 33.3 Å². The summed E-state index contributed by atoms with van der Waals surface area (Å²) in [6.45, 7) is 8.47. The van der Waals surface area contributed by atoms with E-state index < -0.39 is 0 Å². The summed E-state index contributed by atoms with van der Waals surface area (Å²) in [6, 6.07) is 9.15. The molecule has 1 aromatic carbocycles. The Labute approximate surface area is 171 Å². The number of amides is 1. The SMILES string of the molecule is CO[C@H](C)C(=O)N(CC1CCN(CCc2ccccc2C)CC1)C1CCCC1. The van der Waals surface area contributed by atoms with Crippen LogP contribution in [0.3, 0.4) is 0 Å². The van der Waals surface area contributed by atoms with Gasteiger partial charge in [-0.15, -0.1) is 0 Å². The van der Waals surface area contributed by atoms with Crippen molar-refractivity contribution in [3.63, 3.8) is 0 Å². The van der Waals surface area contributed by atoms with Gasteiger partial charge in [-0.2, -0.15) is 0 Å². The Morgan fingerprint density at radius 3 is 2.50 bits per heavy atom. The zero-order chi connectivity index (χ0) is 19.9. The monoisotopic (exact) mass is 386 g/mol. The van der Waals surface area contributed by atoms with E-state index in [9.17, 15) is 4.79 Å². The highest BCUT2D eigenvalue weighted by Gasteiger charge is 2.32. The minimum Gasteiger partial charge on any atom is -0.372 e. The molecule has 0 bridgehead atoms. The minimum atomic E-state index is -0.324. The lowest BCUT2D eigenvalue weighted by atomic mass is 9.94. The van der Waals surface area contributed by atoms with Gasteiger partial charge in [0.25, 0.3) is 5.91 Å². The van der Waals surface area contributed by atoms with Crippen LogP contribution in [0.25, 0.3) is 0 Å². The lowest BCUT2D eigenvalue weighted by Crippen LogP contribution is -2.48. The maximum Gasteiger partial charge on any atom is 0.251 e. The number of nitrogens with zero attached hydrogens (tertiary/aromatic N) is 2. The van der Waals surface area contributed by atoms with Crippen LogP contribution in [0.5, 0.6) is 0 Å². The average molecular weight is 387 g/mol. The van der Waals surface area contributed by atoms with Crippen LogP contribution in [0.2, 0.25) is 0 Å². The van der Waals surface area contributed by atoms with Gasteiger partial charge in [0.15, 0.2) is 0 Å². The number of likely N-dealkylation sites (tertiary alicyclic amines) is 1. The minimum absolute atomic E-state index is 0.191. The van der Waals surface area contributed by atoms with Gasteiger partial charge in [0.1, 0.15) is 6.10 Å². The van der Waals surface area contributed by atoms with Gasteiger partial charge in [-0.05, 0) is 76.1 Å². The summed E-state index contributed by atoms with van der Waals surface area (Å²) in [5.74, 6) is 0.819. The van der Waals surface area contributed by atoms with Crippen molar-refractivity contribution < 1.29 is 9.53 Å². The van der Waals surface area contributed by atoms with Crippen LogP contribution in [-0.2, 0) is 16.0 Å². The summed E-state index contributed by atoms with van der Waals surface area (Å²) in [7, 11) is 1.64. The second-order valence-corrected chi connectivity index (χ2v) is 8.77. The third kappa shape index (κ3) is 5.57. The molecule has 1 heterocycles. The molecule has 0 N–H and O–H groups in total. The molecule has 3 rings (SSSR count). The van der Waals surface area contributed by atoms with Gasteiger partial charge in [-0.1, -0.05) is 37.1 Å². The first-order chi connectivity index (χ1) is 13.6. The maximum atomic E-state index is 12.9. The average Bonchev–Trinajstić information content (AvgIpc) is 3.25. The number of ether oxygens (including phenoxy) is 1. The van der Waals surface area contributed by atoms with Crippen molar-refractivity contribution in [1.29, 1.82) is 0 Å². The zero-order valence-electron chi connectivity index (χ0n) is 18.0. The van der Waals surface area contributed by atoms with Crippen LogP contribution < -0.4 is 0 Å². The Bertz CT molecular complexity index is 619. The highest BCUT2D eigenvalue weighted by Crippen LogP contribution is 2.27. The molecular weight excluding hydrogens is 348 g/mol. The molecule has 156 valence electrons. The number of carbonyl (C=O) groups excluding carboxylic acids is 1. The van der Waals surface area contributed by atoms with Crippen molar-refractivity contribution in [3.8, 4) is 0 Å². The Kier molecular flexibility index (Phi) is 7.92. The van der Waals surface area contributed by atoms with Gasteiger partial charge >= 0.3 is 0 Å². The molecule has 1 atom stereocenters. The molecule has 2 fully saturated rings. The Morgan fingerprint density at radius 2 is 1.86 bits per heavy atom. The van der Waals surface area contributed by atoms with Crippen LogP contribution in [0.4, 0.5) is 0 Å². The van der Waals surface area contributed by atoms with E-state index in [0.29, 0.717) is 12.0 Å². The molecule has 0 aromatic heterocycles. The zero-order valence-corrected chi connectivity index (χ0v) is 18.0. The molecule has 1 saturated heterocycles. The molecule has 0 unspecified atom stereocenters. The van der Waals surface area contributed by atoms with E-state index in [2.05, 4.69) is 41.0 Å². The van der Waals surface area contributed by atoms with E-state index in [0.717, 1.165) is 45.4 Å². The summed E-state index contributed by atoms with van der Waals surface area (Å²) in [6.07, 6.45) is 8.05. The normalized spacial score (nSPS) is 20.4. The van der Waals surface area contributed by atoms with E-state index in [-0.39, 0.29) is 12.0 Å². The maximum absolute atomic E-state index is 12.9. The molecular formula is C24H38N2O2. The van der Waals surface area contributed by atoms with E-state index in [1.807, 2.05) is 6.92 Å². The summed E-state index contributed by atoms with van der Waals surface area (Å²) >= 11 is 0. The summed E-state index contributed by atoms with van der Waals surface area (Å²) < 4.78 is 5.34. The molecule has 1 aliphatic heterocycles. The van der Waals surface area contributed by atoms with Crippen molar-refractivity contribution in [2.24, 2.45) is 5.92 Å². The van der Waals surface area contributed by atoms with Crippen LogP contribution in [0.15, 0.2) is 24.3 Å². The lowest BCUT2D eigenvalue weighted by molar-refractivity contribution is -0.144. The lowest BCUT2D eigenvalue weighted by Gasteiger charge is -2.38. The first-order valence-corrected chi connectivity index (χ1v) is 11.2. The Morgan fingerprint density at radius 1 is 1.18 bits per heavy atom. The van der Waals surface area contributed by atoms with E-state index in [1.54, 1.807) is 7.11 Å². The van der Waals surface area contributed by atoms with Gasteiger partial charge in [0, 0.05) is 26.2 Å². The molecule has 1 aromatic rings. The van der Waals surface area contributed by atoms with Gasteiger partial charge < -0.3 is 14.5 Å². The van der Waals surface area contributed by atoms with Gasteiger partial charge in [-0.25, -0.2) is 0 Å². The quantitative estimate of drug-likeness (QED) is 0.675. The van der Waals surface area contributed by atoms with Crippen molar-refractivity contribution in [2.45, 2.75) is 70.9 Å². The van der Waals surface area contributed by atoms with Crippen molar-refractivity contribution >= 4 is 5.91 Å². The number of benzene rings is 1. The second-order valence-electron chi connectivity index (χ2n) is 8.77. The number of methoxy groups -OCH3 is 1. The number of hydrogen-bond acceptors (Lipinski definition) is 3. The van der Waals surface area contributed by atoms with Crippen LogP contribution in [0, 0.1) is 12.8 Å². The topological polar surface area (TPSA) is 32.8 Å². The van der Waals surface area contributed by atoms with Crippen LogP contribution in [-0.4, -0.2) is 61.1 Å². The Balaban J connectivity index is 1.48. The van der Waals surface area contributed by atoms with Crippen LogP contribution >= 0.6 is 0 Å².